The van der Waals surface area contributed by atoms with E-state index in [1.807, 2.05) is 0 Å². The molecule has 0 atom stereocenters. The van der Waals surface area contributed by atoms with E-state index in [-0.39, 0.29) is 15.8 Å². The molecule has 1 aromatic rings. The Morgan fingerprint density at radius 2 is 1.93 bits per heavy atom. The molecular formula is C8H7BrF4N2. The smallest absolute Gasteiger partial charge is 0.397 e. The maximum atomic E-state index is 12.9. The van der Waals surface area contributed by atoms with Gasteiger partial charge >= 0.3 is 6.18 Å². The van der Waals surface area contributed by atoms with Gasteiger partial charge in [0, 0.05) is 6.07 Å². The zero-order chi connectivity index (χ0) is 11.6. The van der Waals surface area contributed by atoms with Gasteiger partial charge in [-0.2, -0.15) is 13.2 Å². The zero-order valence-electron chi connectivity index (χ0n) is 7.33. The number of nitrogens with two attached hydrogens (primary N) is 1. The Morgan fingerprint density at radius 3 is 2.47 bits per heavy atom. The number of rotatable bonds is 2. The predicted octanol–water partition coefficient (Wildman–Crippen LogP) is 3.14. The van der Waals surface area contributed by atoms with Gasteiger partial charge in [0.15, 0.2) is 0 Å². The van der Waals surface area contributed by atoms with Crippen molar-refractivity contribution in [3.05, 3.63) is 22.4 Å². The normalized spacial score (nSPS) is 11.5. The van der Waals surface area contributed by atoms with E-state index in [4.69, 9.17) is 5.73 Å². The molecular weight excluding hydrogens is 280 g/mol. The Kier molecular flexibility index (Phi) is 3.43. The van der Waals surface area contributed by atoms with Gasteiger partial charge in [-0.25, -0.2) is 4.39 Å². The van der Waals surface area contributed by atoms with Crippen LogP contribution in [0.1, 0.15) is 0 Å². The number of benzene rings is 1. The molecule has 1 rings (SSSR count). The van der Waals surface area contributed by atoms with E-state index in [9.17, 15) is 17.6 Å². The number of nitrogens with one attached hydrogen (secondary N) is 1. The van der Waals surface area contributed by atoms with Crippen molar-refractivity contribution < 1.29 is 17.6 Å². The third-order valence-electron chi connectivity index (χ3n) is 1.57. The van der Waals surface area contributed by atoms with Crippen LogP contribution in [0.5, 0.6) is 0 Å². The van der Waals surface area contributed by atoms with Crippen molar-refractivity contribution in [2.75, 3.05) is 17.6 Å². The van der Waals surface area contributed by atoms with E-state index in [0.29, 0.717) is 0 Å². The molecule has 0 aliphatic carbocycles. The largest absolute Gasteiger partial charge is 0.405 e. The molecule has 0 amide bonds. The lowest BCUT2D eigenvalue weighted by molar-refractivity contribution is -0.115. The first-order chi connectivity index (χ1) is 6.79. The van der Waals surface area contributed by atoms with Gasteiger partial charge in [-0.1, -0.05) is 0 Å². The highest BCUT2D eigenvalue weighted by Crippen LogP contribution is 2.27. The molecule has 7 heteroatoms. The fraction of sp³-hybridized carbons (Fsp3) is 0.250. The Bertz CT molecular complexity index is 364. The maximum absolute atomic E-state index is 12.9. The maximum Gasteiger partial charge on any atom is 0.405 e. The fourth-order valence-corrected chi connectivity index (χ4v) is 1.25. The number of alkyl halides is 3. The van der Waals surface area contributed by atoms with Gasteiger partial charge in [0.05, 0.1) is 15.8 Å². The van der Waals surface area contributed by atoms with E-state index in [2.05, 4.69) is 21.2 Å². The molecule has 0 saturated heterocycles. The molecule has 0 unspecified atom stereocenters. The summed E-state index contributed by atoms with van der Waals surface area (Å²) in [6.45, 7) is -1.21. The van der Waals surface area contributed by atoms with Crippen LogP contribution in [0.25, 0.3) is 0 Å². The van der Waals surface area contributed by atoms with Crippen LogP contribution in [0.2, 0.25) is 0 Å². The second-order valence-corrected chi connectivity index (χ2v) is 3.68. The van der Waals surface area contributed by atoms with Gasteiger partial charge in [0.25, 0.3) is 0 Å². The molecule has 84 valence electrons. The highest BCUT2D eigenvalue weighted by Gasteiger charge is 2.27. The van der Waals surface area contributed by atoms with Crippen molar-refractivity contribution in [3.8, 4) is 0 Å². The van der Waals surface area contributed by atoms with Crippen LogP contribution in [0.4, 0.5) is 28.9 Å². The van der Waals surface area contributed by atoms with Gasteiger partial charge in [0.2, 0.25) is 0 Å². The first-order valence-corrected chi connectivity index (χ1v) is 4.64. The number of hydrogen-bond donors (Lipinski definition) is 2. The molecule has 0 aromatic heterocycles. The van der Waals surface area contributed by atoms with E-state index >= 15 is 0 Å². The first-order valence-electron chi connectivity index (χ1n) is 3.85. The third-order valence-corrected chi connectivity index (χ3v) is 2.18. The summed E-state index contributed by atoms with van der Waals surface area (Å²) in [6.07, 6.45) is -4.34. The topological polar surface area (TPSA) is 38.0 Å². The lowest BCUT2D eigenvalue weighted by Crippen LogP contribution is -2.21. The number of hydrogen-bond acceptors (Lipinski definition) is 2. The molecule has 0 heterocycles. The molecule has 1 aromatic carbocycles. The Morgan fingerprint density at radius 1 is 1.33 bits per heavy atom. The molecule has 3 N–H and O–H groups in total. The molecule has 0 aliphatic rings. The summed E-state index contributed by atoms with van der Waals surface area (Å²) in [7, 11) is 0. The van der Waals surface area contributed by atoms with E-state index < -0.39 is 18.5 Å². The van der Waals surface area contributed by atoms with E-state index in [1.165, 1.54) is 0 Å². The monoisotopic (exact) mass is 286 g/mol. The Labute approximate surface area is 91.6 Å². The minimum absolute atomic E-state index is 0.0422. The lowest BCUT2D eigenvalue weighted by atomic mass is 10.2. The van der Waals surface area contributed by atoms with Crippen molar-refractivity contribution in [2.45, 2.75) is 6.18 Å². The third kappa shape index (κ3) is 3.58. The van der Waals surface area contributed by atoms with Crippen LogP contribution in [0.3, 0.4) is 0 Å². The average molecular weight is 287 g/mol. The zero-order valence-corrected chi connectivity index (χ0v) is 8.91. The minimum atomic E-state index is -4.34. The van der Waals surface area contributed by atoms with Gasteiger partial charge in [-0.15, -0.1) is 0 Å². The van der Waals surface area contributed by atoms with Crippen molar-refractivity contribution in [3.63, 3.8) is 0 Å². The lowest BCUT2D eigenvalue weighted by Gasteiger charge is -2.12. The Hall–Kier alpha value is -0.980. The molecule has 0 spiro atoms. The van der Waals surface area contributed by atoms with Crippen molar-refractivity contribution in [2.24, 2.45) is 0 Å². The molecule has 0 radical (unpaired) electrons. The summed E-state index contributed by atoms with van der Waals surface area (Å²) in [5, 5.41) is 2.07. The Balaban J connectivity index is 2.82. The SMILES string of the molecule is Nc1cc(F)c(Br)cc1NCC(F)(F)F. The second kappa shape index (κ2) is 4.26. The number of halogens is 5. The van der Waals surface area contributed by atoms with Crippen LogP contribution < -0.4 is 11.1 Å². The van der Waals surface area contributed by atoms with Crippen LogP contribution in [-0.2, 0) is 0 Å². The quantitative estimate of drug-likeness (QED) is 0.647. The summed E-state index contributed by atoms with van der Waals surface area (Å²) in [5.74, 6) is -0.620. The number of nitrogen functional groups attached to an aromatic ring is 1. The van der Waals surface area contributed by atoms with E-state index in [1.54, 1.807) is 0 Å². The first kappa shape index (κ1) is 12.1. The second-order valence-electron chi connectivity index (χ2n) is 2.82. The van der Waals surface area contributed by atoms with Crippen molar-refractivity contribution >= 4 is 27.3 Å². The molecule has 0 saturated carbocycles. The van der Waals surface area contributed by atoms with Gasteiger partial charge in [-0.05, 0) is 22.0 Å². The molecule has 0 fully saturated rings. The summed E-state index contributed by atoms with van der Waals surface area (Å²) in [4.78, 5) is 0. The molecule has 2 nitrogen and oxygen atoms in total. The van der Waals surface area contributed by atoms with Gasteiger partial charge < -0.3 is 11.1 Å². The van der Waals surface area contributed by atoms with E-state index in [0.717, 1.165) is 12.1 Å². The fourth-order valence-electron chi connectivity index (χ4n) is 0.911. The summed E-state index contributed by atoms with van der Waals surface area (Å²) >= 11 is 2.85. The number of anilines is 2. The van der Waals surface area contributed by atoms with Crippen LogP contribution >= 0.6 is 15.9 Å². The van der Waals surface area contributed by atoms with Crippen molar-refractivity contribution in [1.29, 1.82) is 0 Å². The minimum Gasteiger partial charge on any atom is -0.397 e. The van der Waals surface area contributed by atoms with Crippen LogP contribution in [0, 0.1) is 5.82 Å². The summed E-state index contributed by atoms with van der Waals surface area (Å²) in [6, 6.07) is 2.11. The summed E-state index contributed by atoms with van der Waals surface area (Å²) in [5.41, 5.74) is 5.30. The van der Waals surface area contributed by atoms with Crippen molar-refractivity contribution in [1.82, 2.24) is 0 Å². The van der Waals surface area contributed by atoms with Gasteiger partial charge in [-0.3, -0.25) is 0 Å². The molecule has 15 heavy (non-hydrogen) atoms. The average Bonchev–Trinajstić information content (AvgIpc) is 2.07. The predicted molar refractivity (Wildman–Crippen MR) is 53.1 cm³/mol. The van der Waals surface area contributed by atoms with Crippen LogP contribution in [0.15, 0.2) is 16.6 Å². The standard InChI is InChI=1S/C8H7BrF4N2/c9-4-1-7(6(14)2-5(4)10)15-3-8(11,12)13/h1-2,15H,3,14H2. The highest BCUT2D eigenvalue weighted by atomic mass is 79.9. The highest BCUT2D eigenvalue weighted by molar-refractivity contribution is 9.10. The molecule has 0 bridgehead atoms. The van der Waals surface area contributed by atoms with Gasteiger partial charge in [0.1, 0.15) is 12.4 Å². The van der Waals surface area contributed by atoms with Crippen LogP contribution in [-0.4, -0.2) is 12.7 Å². The molecule has 0 aliphatic heterocycles. The summed E-state index contributed by atoms with van der Waals surface area (Å²) < 4.78 is 48.5.